The van der Waals surface area contributed by atoms with Gasteiger partial charge in [0.1, 0.15) is 6.23 Å². The molecular formula is C13H26BCl2NO3. The van der Waals surface area contributed by atoms with Crippen LogP contribution in [0.1, 0.15) is 45.4 Å². The number of carboxylic acid groups (broad SMARTS) is 1. The average molecular weight is 326 g/mol. The average Bonchev–Trinajstić information content (AvgIpc) is 2.81. The minimum Gasteiger partial charge on any atom is -0.481 e. The molecule has 1 aliphatic rings. The van der Waals surface area contributed by atoms with E-state index in [0.717, 1.165) is 32.2 Å². The quantitative estimate of drug-likeness (QED) is 0.697. The highest BCUT2D eigenvalue weighted by atomic mass is 35.5. The van der Waals surface area contributed by atoms with E-state index in [1.54, 1.807) is 7.11 Å². The molecule has 0 aromatic carbocycles. The van der Waals surface area contributed by atoms with Crippen molar-refractivity contribution in [3.05, 3.63) is 0 Å². The van der Waals surface area contributed by atoms with Gasteiger partial charge in [-0.1, -0.05) is 19.8 Å². The predicted octanol–water partition coefficient (Wildman–Crippen LogP) is 2.89. The first-order chi connectivity index (χ1) is 8.53. The van der Waals surface area contributed by atoms with Crippen LogP contribution in [0.25, 0.3) is 0 Å². The number of likely N-dealkylation sites (tertiary alicyclic amines) is 1. The van der Waals surface area contributed by atoms with Crippen LogP contribution in [0, 0.1) is 0 Å². The standard InChI is InChI=1S/C13H24BNO3.2ClH/c1-3-4-7-13(14,12(16)17)8-10-15-9-5-6-11(15)18-2;;/h11H,3-10H2,1-2H3,(H,16,17);2*1H. The summed E-state index contributed by atoms with van der Waals surface area (Å²) in [4.78, 5) is 13.5. The van der Waals surface area contributed by atoms with Gasteiger partial charge in [0.25, 0.3) is 0 Å². The smallest absolute Gasteiger partial charge is 0.300 e. The molecule has 2 unspecified atom stereocenters. The molecule has 4 nitrogen and oxygen atoms in total. The minimum atomic E-state index is -1.09. The van der Waals surface area contributed by atoms with Crippen molar-refractivity contribution in [3.63, 3.8) is 0 Å². The number of carbonyl (C=O) groups is 1. The van der Waals surface area contributed by atoms with Crippen LogP contribution in [0.2, 0.25) is 5.31 Å². The van der Waals surface area contributed by atoms with Crippen molar-refractivity contribution in [3.8, 4) is 0 Å². The van der Waals surface area contributed by atoms with Gasteiger partial charge in [-0.3, -0.25) is 9.69 Å². The normalized spacial score (nSPS) is 21.6. The molecule has 118 valence electrons. The zero-order valence-electron chi connectivity index (χ0n) is 12.3. The fourth-order valence-electron chi connectivity index (χ4n) is 2.49. The van der Waals surface area contributed by atoms with Gasteiger partial charge in [0.15, 0.2) is 0 Å². The largest absolute Gasteiger partial charge is 0.481 e. The molecule has 7 heteroatoms. The number of ether oxygens (including phenoxy) is 1. The van der Waals surface area contributed by atoms with E-state index in [1.165, 1.54) is 0 Å². The molecule has 0 aliphatic carbocycles. The van der Waals surface area contributed by atoms with E-state index in [1.807, 2.05) is 6.92 Å². The first-order valence-electron chi connectivity index (χ1n) is 6.82. The number of aliphatic carboxylic acids is 1. The molecule has 0 spiro atoms. The lowest BCUT2D eigenvalue weighted by Gasteiger charge is -2.30. The van der Waals surface area contributed by atoms with Gasteiger partial charge in [-0.15, -0.1) is 24.8 Å². The summed E-state index contributed by atoms with van der Waals surface area (Å²) in [5.41, 5.74) is 0. The summed E-state index contributed by atoms with van der Waals surface area (Å²) in [6, 6.07) is 0. The molecule has 0 aromatic heterocycles. The maximum atomic E-state index is 11.3. The van der Waals surface area contributed by atoms with Crippen LogP contribution in [0.4, 0.5) is 0 Å². The molecule has 1 N–H and O–H groups in total. The third kappa shape index (κ3) is 6.21. The number of unbranched alkanes of at least 4 members (excludes halogenated alkanes) is 1. The molecule has 2 radical (unpaired) electrons. The highest BCUT2D eigenvalue weighted by Crippen LogP contribution is 2.34. The van der Waals surface area contributed by atoms with Gasteiger partial charge in [-0.25, -0.2) is 0 Å². The van der Waals surface area contributed by atoms with Gasteiger partial charge in [0, 0.05) is 25.5 Å². The van der Waals surface area contributed by atoms with E-state index in [2.05, 4.69) is 4.90 Å². The highest BCUT2D eigenvalue weighted by molar-refractivity contribution is 6.26. The molecule has 0 aromatic rings. The third-order valence-corrected chi connectivity index (χ3v) is 3.82. The van der Waals surface area contributed by atoms with Gasteiger partial charge in [-0.2, -0.15) is 0 Å². The molecule has 1 rings (SSSR count). The lowest BCUT2D eigenvalue weighted by molar-refractivity contribution is -0.141. The van der Waals surface area contributed by atoms with Gasteiger partial charge in [0.2, 0.25) is 0 Å². The summed E-state index contributed by atoms with van der Waals surface area (Å²) in [5, 5.41) is 8.19. The van der Waals surface area contributed by atoms with E-state index in [4.69, 9.17) is 12.6 Å². The van der Waals surface area contributed by atoms with E-state index < -0.39 is 11.3 Å². The summed E-state index contributed by atoms with van der Waals surface area (Å²) < 4.78 is 5.37. The predicted molar refractivity (Wildman–Crippen MR) is 86.3 cm³/mol. The first-order valence-corrected chi connectivity index (χ1v) is 6.82. The molecule has 0 amide bonds. The maximum absolute atomic E-state index is 11.3. The van der Waals surface area contributed by atoms with Crippen molar-refractivity contribution in [1.82, 2.24) is 4.90 Å². The molecule has 1 fully saturated rings. The van der Waals surface area contributed by atoms with E-state index in [0.29, 0.717) is 19.4 Å². The Labute approximate surface area is 135 Å². The summed E-state index contributed by atoms with van der Waals surface area (Å²) in [5.74, 6) is -0.885. The Kier molecular flexibility index (Phi) is 12.0. The van der Waals surface area contributed by atoms with Crippen LogP contribution in [-0.2, 0) is 9.53 Å². The number of methoxy groups -OCH3 is 1. The number of hydrogen-bond donors (Lipinski definition) is 1. The van der Waals surface area contributed by atoms with Crippen molar-refractivity contribution >= 4 is 38.6 Å². The molecule has 0 bridgehead atoms. The molecule has 1 heterocycles. The highest BCUT2D eigenvalue weighted by Gasteiger charge is 2.33. The Hall–Kier alpha value is 0.0349. The van der Waals surface area contributed by atoms with Gasteiger partial charge in [-0.05, 0) is 25.7 Å². The summed E-state index contributed by atoms with van der Waals surface area (Å²) >= 11 is 0. The SMILES string of the molecule is Cl.Cl.[B]C(CCCC)(CCN1CCCC1OC)C(=O)O. The minimum absolute atomic E-state index is 0. The second kappa shape index (κ2) is 10.7. The van der Waals surface area contributed by atoms with Crippen molar-refractivity contribution < 1.29 is 14.6 Å². The third-order valence-electron chi connectivity index (χ3n) is 3.82. The number of halogens is 2. The number of hydrogen-bond acceptors (Lipinski definition) is 3. The lowest BCUT2D eigenvalue weighted by Crippen LogP contribution is -2.35. The Morgan fingerprint density at radius 1 is 1.45 bits per heavy atom. The van der Waals surface area contributed by atoms with Crippen LogP contribution in [0.5, 0.6) is 0 Å². The fraction of sp³-hybridized carbons (Fsp3) is 0.923. The zero-order valence-corrected chi connectivity index (χ0v) is 14.0. The van der Waals surface area contributed by atoms with Gasteiger partial charge >= 0.3 is 5.97 Å². The molecular weight excluding hydrogens is 300 g/mol. The molecule has 1 aliphatic heterocycles. The van der Waals surface area contributed by atoms with E-state index in [9.17, 15) is 9.90 Å². The van der Waals surface area contributed by atoms with Crippen molar-refractivity contribution in [1.29, 1.82) is 0 Å². The second-order valence-corrected chi connectivity index (χ2v) is 5.18. The van der Waals surface area contributed by atoms with Crippen molar-refractivity contribution in [2.24, 2.45) is 0 Å². The summed E-state index contributed by atoms with van der Waals surface area (Å²) in [6.45, 7) is 3.72. The molecule has 1 saturated heterocycles. The Morgan fingerprint density at radius 3 is 2.60 bits per heavy atom. The summed E-state index contributed by atoms with van der Waals surface area (Å²) in [7, 11) is 7.73. The second-order valence-electron chi connectivity index (χ2n) is 5.18. The Morgan fingerprint density at radius 2 is 2.10 bits per heavy atom. The monoisotopic (exact) mass is 325 g/mol. The van der Waals surface area contributed by atoms with Crippen molar-refractivity contribution in [2.45, 2.75) is 57.0 Å². The van der Waals surface area contributed by atoms with Crippen LogP contribution in [-0.4, -0.2) is 50.2 Å². The number of nitrogens with zero attached hydrogens (tertiary/aromatic N) is 1. The molecule has 20 heavy (non-hydrogen) atoms. The van der Waals surface area contributed by atoms with Crippen LogP contribution in [0.15, 0.2) is 0 Å². The first kappa shape index (κ1) is 22.3. The van der Waals surface area contributed by atoms with Gasteiger partial charge in [0.05, 0.1) is 7.85 Å². The van der Waals surface area contributed by atoms with Crippen molar-refractivity contribution in [2.75, 3.05) is 20.2 Å². The van der Waals surface area contributed by atoms with E-state index in [-0.39, 0.29) is 31.0 Å². The summed E-state index contributed by atoms with van der Waals surface area (Å²) in [6.07, 6.45) is 5.13. The Bertz CT molecular complexity index is 284. The number of carboxylic acids is 1. The van der Waals surface area contributed by atoms with Gasteiger partial charge < -0.3 is 9.84 Å². The molecule has 0 saturated carbocycles. The fourth-order valence-corrected chi connectivity index (χ4v) is 2.49. The Balaban J connectivity index is 0. The zero-order chi connectivity index (χ0) is 13.6. The van der Waals surface area contributed by atoms with Crippen LogP contribution >= 0.6 is 24.8 Å². The van der Waals surface area contributed by atoms with Crippen LogP contribution in [0.3, 0.4) is 0 Å². The van der Waals surface area contributed by atoms with Crippen LogP contribution < -0.4 is 0 Å². The topological polar surface area (TPSA) is 49.8 Å². The number of rotatable bonds is 8. The molecule has 2 atom stereocenters. The lowest BCUT2D eigenvalue weighted by atomic mass is 9.63. The maximum Gasteiger partial charge on any atom is 0.300 e. The van der Waals surface area contributed by atoms with E-state index >= 15 is 0 Å².